The molecule has 1 amide bonds. The predicted octanol–water partition coefficient (Wildman–Crippen LogP) is 3.68. The number of benzene rings is 2. The summed E-state index contributed by atoms with van der Waals surface area (Å²) in [6.07, 6.45) is 0. The number of rotatable bonds is 6. The highest BCUT2D eigenvalue weighted by molar-refractivity contribution is 6.06. The van der Waals surface area contributed by atoms with Gasteiger partial charge in [-0.2, -0.15) is 0 Å². The molecule has 0 aliphatic carbocycles. The minimum absolute atomic E-state index is 0.317. The SMILES string of the molecule is C=C(C)COc1ccccc1NC(=O)c1cccc(C(=O)OC)c1. The molecule has 5 heteroatoms. The Morgan fingerprint density at radius 2 is 1.79 bits per heavy atom. The topological polar surface area (TPSA) is 64.6 Å². The van der Waals surface area contributed by atoms with Gasteiger partial charge in [-0.05, 0) is 42.8 Å². The van der Waals surface area contributed by atoms with E-state index in [9.17, 15) is 9.59 Å². The molecule has 2 aromatic carbocycles. The average molecular weight is 325 g/mol. The Morgan fingerprint density at radius 1 is 1.08 bits per heavy atom. The van der Waals surface area contributed by atoms with Gasteiger partial charge in [0.1, 0.15) is 12.4 Å². The zero-order valence-electron chi connectivity index (χ0n) is 13.7. The van der Waals surface area contributed by atoms with Gasteiger partial charge in [0, 0.05) is 5.56 Å². The molecule has 0 aliphatic heterocycles. The van der Waals surface area contributed by atoms with Crippen LogP contribution < -0.4 is 10.1 Å². The van der Waals surface area contributed by atoms with Crippen molar-refractivity contribution in [3.8, 4) is 5.75 Å². The van der Waals surface area contributed by atoms with E-state index in [0.717, 1.165) is 5.57 Å². The molecule has 124 valence electrons. The fourth-order valence-corrected chi connectivity index (χ4v) is 2.00. The summed E-state index contributed by atoms with van der Waals surface area (Å²) in [4.78, 5) is 24.0. The first-order valence-electron chi connectivity index (χ1n) is 7.37. The monoisotopic (exact) mass is 325 g/mol. The summed E-state index contributed by atoms with van der Waals surface area (Å²) in [7, 11) is 1.30. The number of anilines is 1. The minimum Gasteiger partial charge on any atom is -0.487 e. The Morgan fingerprint density at radius 3 is 2.50 bits per heavy atom. The van der Waals surface area contributed by atoms with Crippen LogP contribution in [0, 0.1) is 0 Å². The minimum atomic E-state index is -0.491. The smallest absolute Gasteiger partial charge is 0.337 e. The summed E-state index contributed by atoms with van der Waals surface area (Å²) in [5.41, 5.74) is 2.10. The van der Waals surface area contributed by atoms with E-state index in [0.29, 0.717) is 29.2 Å². The molecule has 0 aliphatic rings. The van der Waals surface area contributed by atoms with Crippen molar-refractivity contribution in [3.05, 3.63) is 71.8 Å². The molecule has 0 aromatic heterocycles. The average Bonchev–Trinajstić information content (AvgIpc) is 2.60. The summed E-state index contributed by atoms with van der Waals surface area (Å²) in [5, 5.41) is 2.79. The maximum absolute atomic E-state index is 12.4. The molecule has 5 nitrogen and oxygen atoms in total. The number of carbonyl (C=O) groups is 2. The maximum Gasteiger partial charge on any atom is 0.337 e. The molecule has 0 heterocycles. The second-order valence-electron chi connectivity index (χ2n) is 5.27. The number of ether oxygens (including phenoxy) is 2. The first-order valence-corrected chi connectivity index (χ1v) is 7.37. The molecule has 0 radical (unpaired) electrons. The number of esters is 1. The van der Waals surface area contributed by atoms with Gasteiger partial charge >= 0.3 is 5.97 Å². The Balaban J connectivity index is 2.18. The fourth-order valence-electron chi connectivity index (χ4n) is 2.00. The van der Waals surface area contributed by atoms with E-state index in [4.69, 9.17) is 4.74 Å². The number of methoxy groups -OCH3 is 1. The van der Waals surface area contributed by atoms with Crippen LogP contribution in [0.1, 0.15) is 27.6 Å². The van der Waals surface area contributed by atoms with Crippen molar-refractivity contribution in [2.24, 2.45) is 0 Å². The number of para-hydroxylation sites is 2. The van der Waals surface area contributed by atoms with Crippen molar-refractivity contribution >= 4 is 17.6 Å². The van der Waals surface area contributed by atoms with Gasteiger partial charge in [0.2, 0.25) is 0 Å². The molecule has 2 aromatic rings. The molecular formula is C19H19NO4. The van der Waals surface area contributed by atoms with Gasteiger partial charge in [0.05, 0.1) is 18.4 Å². The van der Waals surface area contributed by atoms with Crippen LogP contribution in [0.5, 0.6) is 5.75 Å². The second kappa shape index (κ2) is 7.97. The normalized spacial score (nSPS) is 9.92. The summed E-state index contributed by atoms with van der Waals surface area (Å²) in [5.74, 6) is -0.278. The molecule has 0 atom stereocenters. The van der Waals surface area contributed by atoms with Gasteiger partial charge < -0.3 is 14.8 Å². The fraction of sp³-hybridized carbons (Fsp3) is 0.158. The van der Waals surface area contributed by atoms with Gasteiger partial charge in [-0.15, -0.1) is 0 Å². The second-order valence-corrected chi connectivity index (χ2v) is 5.27. The summed E-state index contributed by atoms with van der Waals surface area (Å²) in [6.45, 7) is 6.01. The van der Waals surface area contributed by atoms with E-state index in [1.807, 2.05) is 13.0 Å². The largest absolute Gasteiger partial charge is 0.487 e. The van der Waals surface area contributed by atoms with Gasteiger partial charge in [0.15, 0.2) is 0 Å². The highest BCUT2D eigenvalue weighted by Gasteiger charge is 2.12. The van der Waals surface area contributed by atoms with Crippen LogP contribution in [0.3, 0.4) is 0 Å². The third-order valence-corrected chi connectivity index (χ3v) is 3.16. The van der Waals surface area contributed by atoms with Gasteiger partial charge in [-0.1, -0.05) is 24.8 Å². The zero-order valence-corrected chi connectivity index (χ0v) is 13.7. The van der Waals surface area contributed by atoms with E-state index in [2.05, 4.69) is 16.6 Å². The van der Waals surface area contributed by atoms with E-state index < -0.39 is 5.97 Å². The van der Waals surface area contributed by atoms with E-state index in [1.54, 1.807) is 36.4 Å². The first-order chi connectivity index (χ1) is 11.5. The molecule has 0 unspecified atom stereocenters. The van der Waals surface area contributed by atoms with Crippen molar-refractivity contribution in [1.29, 1.82) is 0 Å². The van der Waals surface area contributed by atoms with Crippen LogP contribution in [-0.2, 0) is 4.74 Å². The molecule has 0 bridgehead atoms. The van der Waals surface area contributed by atoms with Gasteiger partial charge in [-0.3, -0.25) is 4.79 Å². The molecular weight excluding hydrogens is 306 g/mol. The Kier molecular flexibility index (Phi) is 5.73. The van der Waals surface area contributed by atoms with Crippen LogP contribution in [0.4, 0.5) is 5.69 Å². The van der Waals surface area contributed by atoms with Crippen LogP contribution >= 0.6 is 0 Å². The Hall–Kier alpha value is -3.08. The maximum atomic E-state index is 12.4. The van der Waals surface area contributed by atoms with E-state index in [1.165, 1.54) is 13.2 Å². The van der Waals surface area contributed by atoms with Crippen LogP contribution in [-0.4, -0.2) is 25.6 Å². The summed E-state index contributed by atoms with van der Waals surface area (Å²) < 4.78 is 10.3. The lowest BCUT2D eigenvalue weighted by Gasteiger charge is -2.12. The molecule has 1 N–H and O–H groups in total. The third kappa shape index (κ3) is 4.46. The molecule has 0 spiro atoms. The van der Waals surface area contributed by atoms with Crippen LogP contribution in [0.2, 0.25) is 0 Å². The van der Waals surface area contributed by atoms with Gasteiger partial charge in [-0.25, -0.2) is 4.79 Å². The highest BCUT2D eigenvalue weighted by Crippen LogP contribution is 2.25. The number of carbonyl (C=O) groups excluding carboxylic acids is 2. The molecule has 0 fully saturated rings. The predicted molar refractivity (Wildman–Crippen MR) is 92.5 cm³/mol. The summed E-state index contributed by atoms with van der Waals surface area (Å²) in [6, 6.07) is 13.5. The molecule has 0 saturated carbocycles. The highest BCUT2D eigenvalue weighted by atomic mass is 16.5. The third-order valence-electron chi connectivity index (χ3n) is 3.16. The van der Waals surface area contributed by atoms with E-state index in [-0.39, 0.29) is 5.91 Å². The quantitative estimate of drug-likeness (QED) is 0.650. The van der Waals surface area contributed by atoms with Crippen molar-refractivity contribution in [3.63, 3.8) is 0 Å². The zero-order chi connectivity index (χ0) is 17.5. The van der Waals surface area contributed by atoms with Crippen LogP contribution in [0.15, 0.2) is 60.7 Å². The number of hydrogen-bond acceptors (Lipinski definition) is 4. The van der Waals surface area contributed by atoms with Gasteiger partial charge in [0.25, 0.3) is 5.91 Å². The molecule has 2 rings (SSSR count). The van der Waals surface area contributed by atoms with E-state index >= 15 is 0 Å². The number of amides is 1. The number of nitrogens with one attached hydrogen (secondary N) is 1. The lowest BCUT2D eigenvalue weighted by atomic mass is 10.1. The van der Waals surface area contributed by atoms with Crippen molar-refractivity contribution < 1.29 is 19.1 Å². The van der Waals surface area contributed by atoms with Crippen LogP contribution in [0.25, 0.3) is 0 Å². The molecule has 24 heavy (non-hydrogen) atoms. The summed E-state index contributed by atoms with van der Waals surface area (Å²) >= 11 is 0. The standard InChI is InChI=1S/C19H19NO4/c1-13(2)12-24-17-10-5-4-9-16(17)20-18(21)14-7-6-8-15(11-14)19(22)23-3/h4-11H,1,12H2,2-3H3,(H,20,21). The first kappa shape index (κ1) is 17.3. The lowest BCUT2D eigenvalue weighted by Crippen LogP contribution is -2.14. The van der Waals surface area contributed by atoms with Crippen molar-refractivity contribution in [2.45, 2.75) is 6.92 Å². The Bertz CT molecular complexity index is 767. The Labute approximate surface area is 140 Å². The lowest BCUT2D eigenvalue weighted by molar-refractivity contribution is 0.0600. The van der Waals surface area contributed by atoms with Crippen molar-refractivity contribution in [1.82, 2.24) is 0 Å². The number of hydrogen-bond donors (Lipinski definition) is 1. The van der Waals surface area contributed by atoms with Crippen molar-refractivity contribution in [2.75, 3.05) is 19.0 Å². The molecule has 0 saturated heterocycles.